The molecule has 1 saturated heterocycles. The largest absolute Gasteiger partial charge is 0.494 e. The number of alkyl halides is 2. The number of rotatable bonds is 6. The molecule has 2 bridgehead atoms. The van der Waals surface area contributed by atoms with Gasteiger partial charge in [0.1, 0.15) is 11.3 Å². The van der Waals surface area contributed by atoms with Crippen LogP contribution in [0.15, 0.2) is 54.6 Å². The summed E-state index contributed by atoms with van der Waals surface area (Å²) >= 11 is 0. The molecule has 11 heteroatoms. The first kappa shape index (κ1) is 28.5. The molecule has 3 aromatic carbocycles. The van der Waals surface area contributed by atoms with Gasteiger partial charge in [-0.3, -0.25) is 9.59 Å². The van der Waals surface area contributed by atoms with Crippen LogP contribution in [0.4, 0.5) is 14.5 Å². The zero-order valence-electron chi connectivity index (χ0n) is 26.1. The number of nitrogens with two attached hydrogens (primary N) is 1. The number of imidazole rings is 1. The maximum absolute atomic E-state index is 14.8. The number of amides is 2. The minimum atomic E-state index is -3.59. The second-order valence-corrected chi connectivity index (χ2v) is 13.6. The lowest BCUT2D eigenvalue weighted by atomic mass is 9.98. The Morgan fingerprint density at radius 3 is 2.64 bits per heavy atom. The van der Waals surface area contributed by atoms with Crippen molar-refractivity contribution >= 4 is 39.4 Å². The van der Waals surface area contributed by atoms with Crippen LogP contribution < -0.4 is 15.8 Å². The standard InChI is InChI=1S/C36H34F2N6O3/c1-42-32-26(13-22(15-29(32)47-2)34(45)44-17-21-9-11-27(44)30(21)39)40-33(42)28-14-20-4-3-5-23(31(20)43(28)16-18-6-7-18)19-8-10-25-24(12-19)36(37,38)35(46)41-25/h3-5,8,10,12-15,18,21,27,30H,6-7,9,11,16-17,39H2,1-2H3,(H,41,46)/t21-,27-,30-/m1/s1. The molecule has 0 unspecified atom stereocenters. The Balaban J connectivity index is 1.19. The lowest BCUT2D eigenvalue weighted by Crippen LogP contribution is -2.41. The summed E-state index contributed by atoms with van der Waals surface area (Å²) in [6, 6.07) is 16.5. The van der Waals surface area contributed by atoms with Crippen LogP contribution in [0.2, 0.25) is 0 Å². The molecular weight excluding hydrogens is 602 g/mol. The molecule has 5 aromatic rings. The first-order valence-electron chi connectivity index (χ1n) is 16.2. The van der Waals surface area contributed by atoms with Crippen LogP contribution in [-0.4, -0.2) is 56.6 Å². The molecule has 9 rings (SSSR count). The fourth-order valence-corrected chi connectivity index (χ4v) is 8.16. The predicted octanol–water partition coefficient (Wildman–Crippen LogP) is 5.89. The van der Waals surface area contributed by atoms with E-state index in [4.69, 9.17) is 15.5 Å². The second-order valence-electron chi connectivity index (χ2n) is 13.6. The quantitative estimate of drug-likeness (QED) is 0.242. The number of aromatic nitrogens is 3. The number of methoxy groups -OCH3 is 1. The van der Waals surface area contributed by atoms with Crippen molar-refractivity contribution in [1.29, 1.82) is 0 Å². The van der Waals surface area contributed by atoms with Gasteiger partial charge in [-0.1, -0.05) is 24.3 Å². The molecule has 240 valence electrons. The van der Waals surface area contributed by atoms with Gasteiger partial charge in [0.15, 0.2) is 5.82 Å². The van der Waals surface area contributed by atoms with Gasteiger partial charge in [-0.05, 0) is 73.4 Å². The molecule has 3 fully saturated rings. The third-order valence-electron chi connectivity index (χ3n) is 10.8. The first-order valence-corrected chi connectivity index (χ1v) is 16.2. The number of aryl methyl sites for hydroxylation is 1. The van der Waals surface area contributed by atoms with Crippen molar-refractivity contribution in [2.45, 2.75) is 50.2 Å². The van der Waals surface area contributed by atoms with Gasteiger partial charge in [0.05, 0.1) is 35.1 Å². The number of nitrogens with one attached hydrogen (secondary N) is 1. The Bertz CT molecular complexity index is 2170. The van der Waals surface area contributed by atoms with Gasteiger partial charge in [0.2, 0.25) is 0 Å². The highest BCUT2D eigenvalue weighted by molar-refractivity contribution is 6.05. The number of anilines is 1. The zero-order chi connectivity index (χ0) is 32.4. The zero-order valence-corrected chi connectivity index (χ0v) is 26.1. The molecule has 9 nitrogen and oxygen atoms in total. The van der Waals surface area contributed by atoms with E-state index in [1.54, 1.807) is 25.3 Å². The molecular formula is C36H34F2N6O3. The van der Waals surface area contributed by atoms with Crippen molar-refractivity contribution in [3.05, 3.63) is 65.7 Å². The van der Waals surface area contributed by atoms with Crippen molar-refractivity contribution in [2.24, 2.45) is 24.6 Å². The Labute approximate surface area is 269 Å². The van der Waals surface area contributed by atoms with Gasteiger partial charge >= 0.3 is 5.92 Å². The summed E-state index contributed by atoms with van der Waals surface area (Å²) in [4.78, 5) is 32.8. The summed E-state index contributed by atoms with van der Waals surface area (Å²) in [7, 11) is 3.54. The smallest absolute Gasteiger partial charge is 0.352 e. The normalized spacial score (nSPS) is 22.8. The molecule has 2 aliphatic carbocycles. The van der Waals surface area contributed by atoms with Crippen LogP contribution in [0.3, 0.4) is 0 Å². The van der Waals surface area contributed by atoms with Crippen LogP contribution in [-0.2, 0) is 24.3 Å². The Hall–Kier alpha value is -4.77. The van der Waals surface area contributed by atoms with E-state index in [-0.39, 0.29) is 29.2 Å². The number of piperidine rings is 1. The van der Waals surface area contributed by atoms with Crippen molar-refractivity contribution in [2.75, 3.05) is 19.0 Å². The van der Waals surface area contributed by atoms with E-state index in [9.17, 15) is 18.4 Å². The number of ether oxygens (including phenoxy) is 1. The summed E-state index contributed by atoms with van der Waals surface area (Å²) in [5, 5.41) is 3.25. The third-order valence-corrected chi connectivity index (χ3v) is 10.8. The SMILES string of the molecule is COc1cc(C(=O)N2C[C@H]3CC[C@@H]2[C@@H]3N)cc2nc(-c3cc4cccc(-c5ccc6c(c5)C(F)(F)C(=O)N6)c4n3CC3CC3)n(C)c12. The van der Waals surface area contributed by atoms with Gasteiger partial charge in [-0.2, -0.15) is 8.78 Å². The Kier molecular flexibility index (Phi) is 5.97. The Morgan fingerprint density at radius 1 is 1.09 bits per heavy atom. The summed E-state index contributed by atoms with van der Waals surface area (Å²) in [6.45, 7) is 1.43. The van der Waals surface area contributed by atoms with E-state index < -0.39 is 11.8 Å². The van der Waals surface area contributed by atoms with E-state index in [1.165, 1.54) is 6.07 Å². The number of para-hydroxylation sites is 1. The fraction of sp³-hybridized carbons (Fsp3) is 0.361. The van der Waals surface area contributed by atoms with E-state index in [0.29, 0.717) is 46.6 Å². The highest BCUT2D eigenvalue weighted by atomic mass is 19.3. The number of benzene rings is 3. The molecule has 4 heterocycles. The number of halogens is 2. The highest BCUT2D eigenvalue weighted by Crippen LogP contribution is 2.45. The van der Waals surface area contributed by atoms with Gasteiger partial charge < -0.3 is 29.8 Å². The molecule has 2 amide bonds. The summed E-state index contributed by atoms with van der Waals surface area (Å²) < 4.78 is 39.7. The average Bonchev–Trinajstić information content (AvgIpc) is 3.31. The monoisotopic (exact) mass is 636 g/mol. The Morgan fingerprint density at radius 2 is 1.91 bits per heavy atom. The molecule has 4 aliphatic rings. The van der Waals surface area contributed by atoms with Crippen molar-refractivity contribution in [1.82, 2.24) is 19.0 Å². The third kappa shape index (κ3) is 4.11. The van der Waals surface area contributed by atoms with Gasteiger partial charge in [0, 0.05) is 48.7 Å². The van der Waals surface area contributed by atoms with E-state index >= 15 is 0 Å². The number of carbonyl (C=O) groups is 2. The molecule has 3 atom stereocenters. The van der Waals surface area contributed by atoms with Gasteiger partial charge in [-0.15, -0.1) is 0 Å². The van der Waals surface area contributed by atoms with Crippen molar-refractivity contribution < 1.29 is 23.1 Å². The van der Waals surface area contributed by atoms with E-state index in [2.05, 4.69) is 16.0 Å². The lowest BCUT2D eigenvalue weighted by molar-refractivity contribution is -0.139. The summed E-state index contributed by atoms with van der Waals surface area (Å²) in [5.41, 5.74) is 11.4. The van der Waals surface area contributed by atoms with Crippen LogP contribution >= 0.6 is 0 Å². The predicted molar refractivity (Wildman–Crippen MR) is 174 cm³/mol. The number of hydrogen-bond acceptors (Lipinski definition) is 5. The molecule has 47 heavy (non-hydrogen) atoms. The minimum absolute atomic E-state index is 0.0248. The molecule has 0 spiro atoms. The molecule has 0 radical (unpaired) electrons. The van der Waals surface area contributed by atoms with Crippen molar-refractivity contribution in [3.8, 4) is 28.4 Å². The minimum Gasteiger partial charge on any atom is -0.494 e. The maximum Gasteiger partial charge on any atom is 0.352 e. The average molecular weight is 637 g/mol. The van der Waals surface area contributed by atoms with Crippen LogP contribution in [0.25, 0.3) is 44.6 Å². The number of fused-ring (bicyclic) bond motifs is 5. The first-order chi connectivity index (χ1) is 22.6. The van der Waals surface area contributed by atoms with Crippen LogP contribution in [0.1, 0.15) is 41.6 Å². The lowest BCUT2D eigenvalue weighted by Gasteiger charge is -2.27. The van der Waals surface area contributed by atoms with Crippen molar-refractivity contribution in [3.63, 3.8) is 0 Å². The molecule has 2 aromatic heterocycles. The molecule has 2 saturated carbocycles. The molecule has 3 N–H and O–H groups in total. The van der Waals surface area contributed by atoms with Gasteiger partial charge in [-0.25, -0.2) is 4.98 Å². The summed E-state index contributed by atoms with van der Waals surface area (Å²) in [5.74, 6) is -2.82. The van der Waals surface area contributed by atoms with E-state index in [1.807, 2.05) is 40.8 Å². The van der Waals surface area contributed by atoms with E-state index in [0.717, 1.165) is 59.9 Å². The van der Waals surface area contributed by atoms with Gasteiger partial charge in [0.25, 0.3) is 11.8 Å². The number of hydrogen-bond donors (Lipinski definition) is 2. The number of carbonyl (C=O) groups excluding carboxylic acids is 2. The fourth-order valence-electron chi connectivity index (χ4n) is 8.16. The summed E-state index contributed by atoms with van der Waals surface area (Å²) in [6.07, 6.45) is 4.23. The van der Waals surface area contributed by atoms with Crippen LogP contribution in [0.5, 0.6) is 5.75 Å². The topological polar surface area (TPSA) is 107 Å². The number of nitrogens with zero attached hydrogens (tertiary/aromatic N) is 4. The number of likely N-dealkylation sites (tertiary alicyclic amines) is 1. The highest BCUT2D eigenvalue weighted by Gasteiger charge is 2.49. The molecule has 2 aliphatic heterocycles. The second kappa shape index (κ2) is 9.87. The maximum atomic E-state index is 14.8. The van der Waals surface area contributed by atoms with Crippen LogP contribution in [0, 0.1) is 11.8 Å².